The number of halogens is 3. The minimum absolute atomic E-state index is 0.0383. The second-order valence-electron chi connectivity index (χ2n) is 6.41. The predicted octanol–water partition coefficient (Wildman–Crippen LogP) is 4.37. The molecule has 0 saturated heterocycles. The van der Waals surface area contributed by atoms with E-state index in [1.165, 1.54) is 25.2 Å². The molecule has 0 aromatic heterocycles. The van der Waals surface area contributed by atoms with E-state index in [1.54, 1.807) is 30.3 Å². The average molecular weight is 451 g/mol. The Morgan fingerprint density at radius 2 is 1.63 bits per heavy atom. The number of sulfonamides is 1. The van der Waals surface area contributed by atoms with E-state index in [9.17, 15) is 22.0 Å². The topological polar surface area (TPSA) is 66.5 Å². The van der Waals surface area contributed by atoms with Crippen molar-refractivity contribution in [3.05, 3.63) is 94.5 Å². The highest BCUT2D eigenvalue weighted by Gasteiger charge is 2.25. The first-order chi connectivity index (χ1) is 14.2. The molecule has 3 aromatic carbocycles. The van der Waals surface area contributed by atoms with Crippen molar-refractivity contribution in [2.75, 3.05) is 11.4 Å². The van der Waals surface area contributed by atoms with E-state index in [1.807, 2.05) is 0 Å². The Kier molecular flexibility index (Phi) is 6.38. The van der Waals surface area contributed by atoms with Crippen LogP contribution in [-0.4, -0.2) is 21.4 Å². The van der Waals surface area contributed by atoms with Crippen LogP contribution >= 0.6 is 11.6 Å². The third-order valence-electron chi connectivity index (χ3n) is 4.33. The molecule has 156 valence electrons. The summed E-state index contributed by atoms with van der Waals surface area (Å²) in [7, 11) is -2.65. The lowest BCUT2D eigenvalue weighted by atomic mass is 10.2. The maximum Gasteiger partial charge on any atom is 0.265 e. The molecule has 0 saturated carbocycles. The zero-order valence-corrected chi connectivity index (χ0v) is 17.3. The number of carbonyl (C=O) groups excluding carboxylic acids is 1. The average Bonchev–Trinajstić information content (AvgIpc) is 2.71. The van der Waals surface area contributed by atoms with Gasteiger partial charge in [0.15, 0.2) is 0 Å². The van der Waals surface area contributed by atoms with Gasteiger partial charge in [-0.2, -0.15) is 0 Å². The van der Waals surface area contributed by atoms with Crippen LogP contribution in [0.15, 0.2) is 71.6 Å². The summed E-state index contributed by atoms with van der Waals surface area (Å²) < 4.78 is 53.6. The van der Waals surface area contributed by atoms with Crippen LogP contribution in [0.5, 0.6) is 0 Å². The molecule has 0 bridgehead atoms. The third-order valence-corrected chi connectivity index (χ3v) is 6.59. The smallest absolute Gasteiger partial charge is 0.265 e. The molecule has 0 aliphatic carbocycles. The number of carbonyl (C=O) groups is 1. The van der Waals surface area contributed by atoms with Gasteiger partial charge >= 0.3 is 0 Å². The lowest BCUT2D eigenvalue weighted by molar-refractivity contribution is 0.0950. The van der Waals surface area contributed by atoms with Crippen LogP contribution in [0.3, 0.4) is 0 Å². The van der Waals surface area contributed by atoms with Gasteiger partial charge in [0.05, 0.1) is 10.7 Å². The maximum absolute atomic E-state index is 13.3. The first-order valence-electron chi connectivity index (χ1n) is 8.75. The molecule has 3 aromatic rings. The van der Waals surface area contributed by atoms with E-state index >= 15 is 0 Å². The molecule has 3 rings (SSSR count). The lowest BCUT2D eigenvalue weighted by Gasteiger charge is -2.20. The molecule has 0 aliphatic heterocycles. The number of nitrogens with one attached hydrogen (secondary N) is 1. The summed E-state index contributed by atoms with van der Waals surface area (Å²) in [6, 6.07) is 15.2. The summed E-state index contributed by atoms with van der Waals surface area (Å²) in [4.78, 5) is 12.2. The SMILES string of the molecule is CN(c1ccccc1)S(=O)(=O)c1cc(C(=O)NCc2cc(F)cc(F)c2)ccc1Cl. The van der Waals surface area contributed by atoms with Crippen molar-refractivity contribution in [2.45, 2.75) is 11.4 Å². The number of nitrogens with zero attached hydrogens (tertiary/aromatic N) is 1. The molecule has 0 heterocycles. The van der Waals surface area contributed by atoms with Crippen LogP contribution < -0.4 is 9.62 Å². The van der Waals surface area contributed by atoms with Gasteiger partial charge < -0.3 is 5.32 Å². The Morgan fingerprint density at radius 3 is 2.27 bits per heavy atom. The van der Waals surface area contributed by atoms with E-state index in [-0.39, 0.29) is 27.6 Å². The van der Waals surface area contributed by atoms with E-state index in [0.717, 1.165) is 22.5 Å². The molecular weight excluding hydrogens is 434 g/mol. The summed E-state index contributed by atoms with van der Waals surface area (Å²) in [5.41, 5.74) is 0.694. The lowest BCUT2D eigenvalue weighted by Crippen LogP contribution is -2.28. The van der Waals surface area contributed by atoms with E-state index in [0.29, 0.717) is 5.69 Å². The van der Waals surface area contributed by atoms with Gasteiger partial charge in [-0.1, -0.05) is 29.8 Å². The van der Waals surface area contributed by atoms with E-state index in [2.05, 4.69) is 5.32 Å². The standard InChI is InChI=1S/C21H17ClF2N2O3S/c1-26(18-5-3-2-4-6-18)30(28,29)20-11-15(7-8-19(20)22)21(27)25-13-14-9-16(23)12-17(24)10-14/h2-12H,13H2,1H3,(H,25,27). The molecule has 0 unspecified atom stereocenters. The summed E-state index contributed by atoms with van der Waals surface area (Å²) in [5.74, 6) is -2.14. The predicted molar refractivity (Wildman–Crippen MR) is 111 cm³/mol. The summed E-state index contributed by atoms with van der Waals surface area (Å²) in [6.07, 6.45) is 0. The molecule has 0 spiro atoms. The maximum atomic E-state index is 13.3. The first-order valence-corrected chi connectivity index (χ1v) is 10.6. The molecule has 1 amide bonds. The van der Waals surface area contributed by atoms with Gasteiger partial charge in [-0.3, -0.25) is 9.10 Å². The van der Waals surface area contributed by atoms with Crippen LogP contribution in [-0.2, 0) is 16.6 Å². The van der Waals surface area contributed by atoms with Gasteiger partial charge in [-0.15, -0.1) is 0 Å². The minimum atomic E-state index is -4.03. The minimum Gasteiger partial charge on any atom is -0.348 e. The zero-order chi connectivity index (χ0) is 21.9. The van der Waals surface area contributed by atoms with Crippen LogP contribution in [0.1, 0.15) is 15.9 Å². The van der Waals surface area contributed by atoms with Crippen molar-refractivity contribution < 1.29 is 22.0 Å². The third kappa shape index (κ3) is 4.77. The summed E-state index contributed by atoms with van der Waals surface area (Å²) in [6.45, 7) is -0.137. The molecule has 0 aliphatic rings. The number of para-hydroxylation sites is 1. The summed E-state index contributed by atoms with van der Waals surface area (Å²) in [5, 5.41) is 2.46. The van der Waals surface area contributed by atoms with Gasteiger partial charge in [-0.05, 0) is 48.0 Å². The molecule has 0 radical (unpaired) electrons. The highest BCUT2D eigenvalue weighted by Crippen LogP contribution is 2.28. The Balaban J connectivity index is 1.84. The van der Waals surface area contributed by atoms with Gasteiger partial charge in [-0.25, -0.2) is 17.2 Å². The van der Waals surface area contributed by atoms with E-state index < -0.39 is 27.6 Å². The van der Waals surface area contributed by atoms with Crippen molar-refractivity contribution in [1.82, 2.24) is 5.32 Å². The van der Waals surface area contributed by atoms with E-state index in [4.69, 9.17) is 11.6 Å². The van der Waals surface area contributed by atoms with Gasteiger partial charge in [0, 0.05) is 25.2 Å². The molecule has 5 nitrogen and oxygen atoms in total. The zero-order valence-electron chi connectivity index (χ0n) is 15.8. The van der Waals surface area contributed by atoms with Crippen molar-refractivity contribution in [3.63, 3.8) is 0 Å². The first kappa shape index (κ1) is 21.7. The van der Waals surface area contributed by atoms with Crippen molar-refractivity contribution >= 4 is 33.2 Å². The molecule has 0 atom stereocenters. The second-order valence-corrected chi connectivity index (χ2v) is 8.76. The van der Waals surface area contributed by atoms with Gasteiger partial charge in [0.25, 0.3) is 15.9 Å². The highest BCUT2D eigenvalue weighted by atomic mass is 35.5. The fourth-order valence-corrected chi connectivity index (χ4v) is 4.46. The van der Waals surface area contributed by atoms with Crippen molar-refractivity contribution in [3.8, 4) is 0 Å². The van der Waals surface area contributed by atoms with Crippen molar-refractivity contribution in [1.29, 1.82) is 0 Å². The van der Waals surface area contributed by atoms with Crippen LogP contribution in [0.25, 0.3) is 0 Å². The summed E-state index contributed by atoms with van der Waals surface area (Å²) >= 11 is 6.10. The fraction of sp³-hybridized carbons (Fsp3) is 0.0952. The number of amides is 1. The monoisotopic (exact) mass is 450 g/mol. The van der Waals surface area contributed by atoms with Crippen molar-refractivity contribution in [2.24, 2.45) is 0 Å². The quantitative estimate of drug-likeness (QED) is 0.606. The Morgan fingerprint density at radius 1 is 1.00 bits per heavy atom. The number of hydrogen-bond acceptors (Lipinski definition) is 3. The number of benzene rings is 3. The fourth-order valence-electron chi connectivity index (χ4n) is 2.76. The Hall–Kier alpha value is -2.97. The molecule has 1 N–H and O–H groups in total. The molecule has 9 heteroatoms. The molecular formula is C21H17ClF2N2O3S. The second kappa shape index (κ2) is 8.81. The largest absolute Gasteiger partial charge is 0.348 e. The Bertz CT molecular complexity index is 1170. The van der Waals surface area contributed by atoms with Crippen LogP contribution in [0.4, 0.5) is 14.5 Å². The number of rotatable bonds is 6. The highest BCUT2D eigenvalue weighted by molar-refractivity contribution is 7.93. The number of anilines is 1. The van der Waals surface area contributed by atoms with Crippen LogP contribution in [0, 0.1) is 11.6 Å². The normalized spacial score (nSPS) is 11.2. The van der Waals surface area contributed by atoms with Crippen LogP contribution in [0.2, 0.25) is 5.02 Å². The number of hydrogen-bond donors (Lipinski definition) is 1. The Labute approximate surface area is 178 Å². The van der Waals surface area contributed by atoms with Gasteiger partial charge in [0.1, 0.15) is 16.5 Å². The molecule has 0 fully saturated rings. The molecule has 30 heavy (non-hydrogen) atoms. The van der Waals surface area contributed by atoms with Gasteiger partial charge in [0.2, 0.25) is 0 Å².